The van der Waals surface area contributed by atoms with Crippen molar-refractivity contribution in [1.82, 2.24) is 4.98 Å². The summed E-state index contributed by atoms with van der Waals surface area (Å²) in [6.45, 7) is 0. The molecule has 0 radical (unpaired) electrons. The van der Waals surface area contributed by atoms with Crippen molar-refractivity contribution in [3.05, 3.63) is 47.1 Å². The molecule has 0 amide bonds. The van der Waals surface area contributed by atoms with Crippen LogP contribution in [0.5, 0.6) is 5.75 Å². The Balaban J connectivity index is 2.42. The van der Waals surface area contributed by atoms with Crippen molar-refractivity contribution in [2.75, 3.05) is 0 Å². The highest BCUT2D eigenvalue weighted by molar-refractivity contribution is 6.33. The summed E-state index contributed by atoms with van der Waals surface area (Å²) in [7, 11) is 0. The van der Waals surface area contributed by atoms with E-state index >= 15 is 0 Å². The van der Waals surface area contributed by atoms with E-state index in [1.165, 1.54) is 30.5 Å². The van der Waals surface area contributed by atoms with Gasteiger partial charge in [0.1, 0.15) is 5.75 Å². The minimum atomic E-state index is -4.84. The van der Waals surface area contributed by atoms with Crippen LogP contribution in [-0.4, -0.2) is 22.4 Å². The number of hydrogen-bond acceptors (Lipinski definition) is 3. The lowest BCUT2D eigenvalue weighted by Gasteiger charge is -2.13. The Kier molecular flexibility index (Phi) is 4.56. The van der Waals surface area contributed by atoms with Crippen LogP contribution in [0.25, 0.3) is 11.3 Å². The van der Waals surface area contributed by atoms with Gasteiger partial charge in [-0.1, -0.05) is 23.7 Å². The first kappa shape index (κ1) is 16.1. The van der Waals surface area contributed by atoms with Gasteiger partial charge >= 0.3 is 12.3 Å². The van der Waals surface area contributed by atoms with Crippen molar-refractivity contribution >= 4 is 17.6 Å². The van der Waals surface area contributed by atoms with Crippen LogP contribution in [0.2, 0.25) is 5.02 Å². The van der Waals surface area contributed by atoms with Crippen LogP contribution in [0.4, 0.5) is 13.2 Å². The van der Waals surface area contributed by atoms with Gasteiger partial charge in [0, 0.05) is 11.8 Å². The Bertz CT molecular complexity index is 704. The molecule has 0 atom stereocenters. The number of ether oxygens (including phenoxy) is 1. The monoisotopic (exact) mass is 331 g/mol. The largest absolute Gasteiger partial charge is 0.573 e. The molecule has 0 unspecified atom stereocenters. The Morgan fingerprint density at radius 3 is 2.59 bits per heavy atom. The number of aromatic nitrogens is 1. The molecule has 116 valence electrons. The van der Waals surface area contributed by atoms with E-state index < -0.39 is 18.1 Å². The average Bonchev–Trinajstić information content (AvgIpc) is 2.37. The number of carboxylic acids is 1. The molecular formula is C14H9ClF3NO3. The number of benzene rings is 1. The van der Waals surface area contributed by atoms with Crippen LogP contribution in [-0.2, 0) is 11.2 Å². The third kappa shape index (κ3) is 4.11. The summed E-state index contributed by atoms with van der Waals surface area (Å²) in [6.07, 6.45) is -3.88. The molecule has 1 heterocycles. The topological polar surface area (TPSA) is 59.4 Å². The summed E-state index contributed by atoms with van der Waals surface area (Å²) in [5, 5.41) is 8.74. The van der Waals surface area contributed by atoms with E-state index in [2.05, 4.69) is 9.72 Å². The number of carbonyl (C=O) groups is 1. The molecule has 8 heteroatoms. The number of pyridine rings is 1. The Morgan fingerprint density at radius 2 is 2.00 bits per heavy atom. The lowest BCUT2D eigenvalue weighted by atomic mass is 10.1. The van der Waals surface area contributed by atoms with E-state index in [0.717, 1.165) is 6.07 Å². The molecule has 0 fully saturated rings. The van der Waals surface area contributed by atoms with E-state index in [1.54, 1.807) is 0 Å². The molecule has 0 bridgehead atoms. The zero-order chi connectivity index (χ0) is 16.3. The molecule has 1 aromatic heterocycles. The Hall–Kier alpha value is -2.28. The normalized spacial score (nSPS) is 11.3. The van der Waals surface area contributed by atoms with Gasteiger partial charge in [0.05, 0.1) is 17.1 Å². The van der Waals surface area contributed by atoms with Gasteiger partial charge in [0.25, 0.3) is 0 Å². The summed E-state index contributed by atoms with van der Waals surface area (Å²) in [6, 6.07) is 6.78. The SMILES string of the molecule is O=C(O)Cc1cnc(-c2ccccc2OC(F)(F)F)c(Cl)c1. The molecule has 0 aliphatic rings. The second kappa shape index (κ2) is 6.23. The number of alkyl halides is 3. The second-order valence-electron chi connectivity index (χ2n) is 4.29. The maximum Gasteiger partial charge on any atom is 0.573 e. The third-order valence-corrected chi connectivity index (χ3v) is 2.91. The summed E-state index contributed by atoms with van der Waals surface area (Å²) < 4.78 is 41.2. The van der Waals surface area contributed by atoms with E-state index in [9.17, 15) is 18.0 Å². The highest BCUT2D eigenvalue weighted by Crippen LogP contribution is 2.36. The first-order valence-corrected chi connectivity index (χ1v) is 6.35. The lowest BCUT2D eigenvalue weighted by molar-refractivity contribution is -0.274. The number of halogens is 4. The fourth-order valence-electron chi connectivity index (χ4n) is 1.82. The van der Waals surface area contributed by atoms with Crippen molar-refractivity contribution in [3.63, 3.8) is 0 Å². The molecule has 0 saturated heterocycles. The minimum Gasteiger partial charge on any atom is -0.481 e. The predicted molar refractivity (Wildman–Crippen MR) is 72.7 cm³/mol. The van der Waals surface area contributed by atoms with E-state index in [0.29, 0.717) is 5.56 Å². The molecule has 0 aliphatic carbocycles. The van der Waals surface area contributed by atoms with Crippen molar-refractivity contribution in [2.24, 2.45) is 0 Å². The van der Waals surface area contributed by atoms with Gasteiger partial charge in [0.2, 0.25) is 0 Å². The Labute approximate surface area is 128 Å². The van der Waals surface area contributed by atoms with Gasteiger partial charge in [-0.15, -0.1) is 13.2 Å². The molecular weight excluding hydrogens is 323 g/mol. The lowest BCUT2D eigenvalue weighted by Crippen LogP contribution is -2.17. The van der Waals surface area contributed by atoms with Crippen LogP contribution < -0.4 is 4.74 Å². The van der Waals surface area contributed by atoms with Gasteiger partial charge in [-0.25, -0.2) is 0 Å². The standard InChI is InChI=1S/C14H9ClF3NO3/c15-10-5-8(6-12(20)21)7-19-13(10)9-3-1-2-4-11(9)22-14(16,17)18/h1-5,7H,6H2,(H,20,21). The maximum absolute atomic E-state index is 12.4. The van der Waals surface area contributed by atoms with Crippen molar-refractivity contribution in [1.29, 1.82) is 0 Å². The summed E-state index contributed by atoms with van der Waals surface area (Å²) in [4.78, 5) is 14.6. The quantitative estimate of drug-likeness (QED) is 0.922. The number of rotatable bonds is 4. The number of para-hydroxylation sites is 1. The van der Waals surface area contributed by atoms with Gasteiger partial charge in [-0.2, -0.15) is 0 Å². The van der Waals surface area contributed by atoms with Crippen LogP contribution in [0, 0.1) is 0 Å². The average molecular weight is 332 g/mol. The molecule has 1 N–H and O–H groups in total. The van der Waals surface area contributed by atoms with Crippen LogP contribution >= 0.6 is 11.6 Å². The number of aliphatic carboxylic acids is 1. The molecule has 22 heavy (non-hydrogen) atoms. The van der Waals surface area contributed by atoms with E-state index in [1.807, 2.05) is 0 Å². The maximum atomic E-state index is 12.4. The highest BCUT2D eigenvalue weighted by atomic mass is 35.5. The molecule has 4 nitrogen and oxygen atoms in total. The van der Waals surface area contributed by atoms with Crippen molar-refractivity contribution in [2.45, 2.75) is 12.8 Å². The number of nitrogens with zero attached hydrogens (tertiary/aromatic N) is 1. The van der Waals surface area contributed by atoms with E-state index in [4.69, 9.17) is 16.7 Å². The first-order chi connectivity index (χ1) is 10.3. The first-order valence-electron chi connectivity index (χ1n) is 5.97. The molecule has 1 aromatic carbocycles. The fourth-order valence-corrected chi connectivity index (χ4v) is 2.11. The number of carboxylic acid groups (broad SMARTS) is 1. The van der Waals surface area contributed by atoms with Crippen LogP contribution in [0.15, 0.2) is 36.5 Å². The van der Waals surface area contributed by atoms with Crippen LogP contribution in [0.3, 0.4) is 0 Å². The minimum absolute atomic E-state index is 0.0389. The van der Waals surface area contributed by atoms with Crippen LogP contribution in [0.1, 0.15) is 5.56 Å². The molecule has 0 saturated carbocycles. The van der Waals surface area contributed by atoms with Gasteiger partial charge in [-0.05, 0) is 23.8 Å². The summed E-state index contributed by atoms with van der Waals surface area (Å²) in [5.41, 5.74) is 0.484. The smallest absolute Gasteiger partial charge is 0.481 e. The second-order valence-corrected chi connectivity index (χ2v) is 4.70. The van der Waals surface area contributed by atoms with Crippen molar-refractivity contribution < 1.29 is 27.8 Å². The third-order valence-electron chi connectivity index (χ3n) is 2.62. The molecule has 0 spiro atoms. The summed E-state index contributed by atoms with van der Waals surface area (Å²) in [5.74, 6) is -1.50. The zero-order valence-electron chi connectivity index (χ0n) is 10.9. The predicted octanol–water partition coefficient (Wildman–Crippen LogP) is 3.93. The highest BCUT2D eigenvalue weighted by Gasteiger charge is 2.32. The fraction of sp³-hybridized carbons (Fsp3) is 0.143. The zero-order valence-corrected chi connectivity index (χ0v) is 11.6. The summed E-state index contributed by atoms with van der Waals surface area (Å²) >= 11 is 6.00. The van der Waals surface area contributed by atoms with Gasteiger partial charge in [0.15, 0.2) is 0 Å². The van der Waals surface area contributed by atoms with Crippen molar-refractivity contribution in [3.8, 4) is 17.0 Å². The molecule has 0 aliphatic heterocycles. The molecule has 2 rings (SSSR count). The van der Waals surface area contributed by atoms with Gasteiger partial charge in [-0.3, -0.25) is 9.78 Å². The van der Waals surface area contributed by atoms with E-state index in [-0.39, 0.29) is 22.7 Å². The Morgan fingerprint density at radius 1 is 1.32 bits per heavy atom. The molecule has 2 aromatic rings. The van der Waals surface area contributed by atoms with Gasteiger partial charge < -0.3 is 9.84 Å². The number of hydrogen-bond donors (Lipinski definition) is 1.